The Morgan fingerprint density at radius 3 is 2.04 bits per heavy atom. The van der Waals surface area contributed by atoms with Gasteiger partial charge in [-0.1, -0.05) is 79.1 Å². The van der Waals surface area contributed by atoms with Crippen LogP contribution in [-0.2, 0) is 29.2 Å². The molecular formula is C40H68N6O7S. The minimum Gasteiger partial charge on any atom is -0.347 e. The highest BCUT2D eigenvalue weighted by atomic mass is 32.2. The summed E-state index contributed by atoms with van der Waals surface area (Å²) < 4.78 is 28.8. The van der Waals surface area contributed by atoms with Gasteiger partial charge in [-0.3, -0.25) is 19.2 Å². The number of nitrogens with one attached hydrogen (secondary N) is 4. The molecular weight excluding hydrogens is 709 g/mol. The van der Waals surface area contributed by atoms with Crippen LogP contribution in [0.4, 0.5) is 4.79 Å². The van der Waals surface area contributed by atoms with E-state index in [1.807, 2.05) is 34.6 Å². The number of Topliss-reactive ketones (excluding diaryl/α,β-unsaturated/α-hetero) is 1. The van der Waals surface area contributed by atoms with Crippen LogP contribution in [0.25, 0.3) is 0 Å². The number of hydrogen-bond acceptors (Lipinski definition) is 7. The lowest BCUT2D eigenvalue weighted by Crippen LogP contribution is -2.65. The van der Waals surface area contributed by atoms with Gasteiger partial charge in [0, 0.05) is 25.2 Å². The van der Waals surface area contributed by atoms with Gasteiger partial charge >= 0.3 is 6.03 Å². The standard InChI is InChI=1S/C40H68N6O7S/c1-9-10-17-28(31(47)34(49)41-26-18-19-26)42-33(48)30-29-27(38(29,5)6)24-46(30)35(50)32(39(7)20-13-11-14-21-39)43-36(51)44-40(22-15-12-16-23-40)25-54(52,53)45(8)37(2,3)4/h26-30,32H,9-25H2,1-8H3,(H,41,49)(H,42,48)(H2,43,44,51)/t27-,28-,29-,30-,32+/m0/s1. The molecule has 4 N–H and O–H groups in total. The van der Waals surface area contributed by atoms with Crippen LogP contribution in [0.1, 0.15) is 145 Å². The summed E-state index contributed by atoms with van der Waals surface area (Å²) >= 11 is 0. The molecule has 1 heterocycles. The van der Waals surface area contributed by atoms with E-state index in [0.29, 0.717) is 45.1 Å². The largest absolute Gasteiger partial charge is 0.347 e. The van der Waals surface area contributed by atoms with Crippen molar-refractivity contribution in [3.8, 4) is 0 Å². The molecule has 5 rings (SSSR count). The zero-order valence-electron chi connectivity index (χ0n) is 34.1. The summed E-state index contributed by atoms with van der Waals surface area (Å²) in [5, 5.41) is 11.8. The molecule has 0 bridgehead atoms. The van der Waals surface area contributed by atoms with Crippen molar-refractivity contribution in [3.63, 3.8) is 0 Å². The van der Waals surface area contributed by atoms with E-state index >= 15 is 0 Å². The number of hydrogen-bond donors (Lipinski definition) is 4. The third-order valence-electron chi connectivity index (χ3n) is 13.6. The number of fused-ring (bicyclic) bond motifs is 1. The summed E-state index contributed by atoms with van der Waals surface area (Å²) in [4.78, 5) is 71.3. The highest BCUT2D eigenvalue weighted by Gasteiger charge is 2.70. The molecule has 0 unspecified atom stereocenters. The maximum absolute atomic E-state index is 15.0. The van der Waals surface area contributed by atoms with Crippen molar-refractivity contribution >= 4 is 39.6 Å². The molecule has 4 aliphatic carbocycles. The predicted octanol–water partition coefficient (Wildman–Crippen LogP) is 4.39. The van der Waals surface area contributed by atoms with Gasteiger partial charge in [-0.05, 0) is 88.4 Å². The van der Waals surface area contributed by atoms with Crippen molar-refractivity contribution in [2.45, 2.75) is 180 Å². The molecule has 1 aliphatic heterocycles. The van der Waals surface area contributed by atoms with Gasteiger partial charge in [-0.2, -0.15) is 4.31 Å². The first-order valence-corrected chi connectivity index (χ1v) is 22.3. The van der Waals surface area contributed by atoms with Gasteiger partial charge in [0.05, 0.1) is 17.3 Å². The maximum Gasteiger partial charge on any atom is 0.315 e. The second-order valence-electron chi connectivity index (χ2n) is 19.2. The molecule has 5 atom stereocenters. The molecule has 4 saturated carbocycles. The minimum atomic E-state index is -3.75. The summed E-state index contributed by atoms with van der Waals surface area (Å²) in [6.45, 7) is 14.1. The first kappa shape index (κ1) is 42.4. The summed E-state index contributed by atoms with van der Waals surface area (Å²) in [7, 11) is -2.18. The van der Waals surface area contributed by atoms with Crippen LogP contribution in [0.15, 0.2) is 0 Å². The first-order chi connectivity index (χ1) is 25.2. The monoisotopic (exact) mass is 776 g/mol. The second kappa shape index (κ2) is 16.0. The molecule has 306 valence electrons. The smallest absolute Gasteiger partial charge is 0.315 e. The number of urea groups is 1. The number of carbonyl (C=O) groups is 5. The average molecular weight is 777 g/mol. The lowest BCUT2D eigenvalue weighted by Gasteiger charge is -2.44. The molecule has 5 fully saturated rings. The summed E-state index contributed by atoms with van der Waals surface area (Å²) in [6.07, 6.45) is 11.2. The first-order valence-electron chi connectivity index (χ1n) is 20.7. The van der Waals surface area contributed by atoms with Gasteiger partial charge in [0.2, 0.25) is 27.6 Å². The number of ketones is 1. The number of unbranched alkanes of at least 4 members (excludes halogenated alkanes) is 1. The van der Waals surface area contributed by atoms with Gasteiger partial charge in [0.25, 0.3) is 5.91 Å². The minimum absolute atomic E-state index is 0.00458. The molecule has 0 aromatic rings. The van der Waals surface area contributed by atoms with Crippen LogP contribution in [0, 0.1) is 22.7 Å². The van der Waals surface area contributed by atoms with Gasteiger partial charge < -0.3 is 26.2 Å². The van der Waals surface area contributed by atoms with Gasteiger partial charge in [-0.15, -0.1) is 0 Å². The Bertz CT molecular complexity index is 1540. The number of carbonyl (C=O) groups excluding carboxylic acids is 5. The lowest BCUT2D eigenvalue weighted by atomic mass is 9.70. The van der Waals surface area contributed by atoms with Crippen molar-refractivity contribution in [1.29, 1.82) is 0 Å². The SMILES string of the molecule is CCCC[C@H](NC(=O)[C@@H]1[C@@H]2[C@H](CN1C(=O)[C@@H](NC(=O)NC1(CS(=O)(=O)N(C)C(C)(C)C)CCCCC1)C1(C)CCCCC1)C2(C)C)C(=O)C(=O)NC1CC1. The molecule has 0 spiro atoms. The Morgan fingerprint density at radius 1 is 0.889 bits per heavy atom. The average Bonchev–Trinajstić information content (AvgIpc) is 3.95. The number of nitrogens with zero attached hydrogens (tertiary/aromatic N) is 2. The molecule has 13 nitrogen and oxygen atoms in total. The summed E-state index contributed by atoms with van der Waals surface area (Å²) in [6, 6.07) is -3.38. The van der Waals surface area contributed by atoms with Crippen LogP contribution in [0.5, 0.6) is 0 Å². The fourth-order valence-electron chi connectivity index (χ4n) is 9.54. The Hall–Kier alpha value is -2.74. The fraction of sp³-hybridized carbons (Fsp3) is 0.875. The Balaban J connectivity index is 1.39. The molecule has 0 aromatic carbocycles. The molecule has 14 heteroatoms. The van der Waals surface area contributed by atoms with E-state index in [9.17, 15) is 32.4 Å². The number of likely N-dealkylation sites (tertiary alicyclic amines) is 1. The van der Waals surface area contributed by atoms with E-state index in [4.69, 9.17) is 0 Å². The van der Waals surface area contributed by atoms with Crippen molar-refractivity contribution < 1.29 is 32.4 Å². The number of piperidine rings is 1. The van der Waals surface area contributed by atoms with Crippen LogP contribution in [0.3, 0.4) is 0 Å². The zero-order valence-corrected chi connectivity index (χ0v) is 35.0. The van der Waals surface area contributed by atoms with Gasteiger partial charge in [0.15, 0.2) is 0 Å². The van der Waals surface area contributed by atoms with E-state index in [0.717, 1.165) is 57.8 Å². The Labute approximate surface area is 323 Å². The third-order valence-corrected chi connectivity index (χ3v) is 15.9. The number of rotatable bonds is 15. The highest BCUT2D eigenvalue weighted by molar-refractivity contribution is 7.89. The number of sulfonamides is 1. The predicted molar refractivity (Wildman–Crippen MR) is 208 cm³/mol. The molecule has 5 aliphatic rings. The van der Waals surface area contributed by atoms with Gasteiger partial charge in [-0.25, -0.2) is 13.2 Å². The molecule has 0 aromatic heterocycles. The van der Waals surface area contributed by atoms with E-state index in [-0.39, 0.29) is 35.0 Å². The normalized spacial score (nSPS) is 26.9. The molecule has 0 radical (unpaired) electrons. The van der Waals surface area contributed by atoms with Crippen molar-refractivity contribution in [1.82, 2.24) is 30.5 Å². The number of amides is 5. The molecule has 5 amide bonds. The van der Waals surface area contributed by atoms with Crippen LogP contribution in [0.2, 0.25) is 0 Å². The molecule has 54 heavy (non-hydrogen) atoms. The summed E-state index contributed by atoms with van der Waals surface area (Å²) in [5.74, 6) is -2.42. The van der Waals surface area contributed by atoms with Gasteiger partial charge in [0.1, 0.15) is 12.1 Å². The van der Waals surface area contributed by atoms with Crippen molar-refractivity contribution in [2.75, 3.05) is 19.3 Å². The van der Waals surface area contributed by atoms with Crippen molar-refractivity contribution in [3.05, 3.63) is 0 Å². The van der Waals surface area contributed by atoms with E-state index in [2.05, 4.69) is 35.1 Å². The van der Waals surface area contributed by atoms with E-state index < -0.39 is 68.3 Å². The topological polar surface area (TPSA) is 174 Å². The second-order valence-corrected chi connectivity index (χ2v) is 21.2. The zero-order chi connectivity index (χ0) is 39.9. The Morgan fingerprint density at radius 2 is 1.48 bits per heavy atom. The Kier molecular flexibility index (Phi) is 12.6. The maximum atomic E-state index is 15.0. The van der Waals surface area contributed by atoms with E-state index in [1.165, 1.54) is 4.31 Å². The van der Waals surface area contributed by atoms with Crippen LogP contribution in [-0.4, -0.2) is 102 Å². The fourth-order valence-corrected chi connectivity index (χ4v) is 11.6. The van der Waals surface area contributed by atoms with Crippen LogP contribution < -0.4 is 21.3 Å². The third kappa shape index (κ3) is 9.27. The van der Waals surface area contributed by atoms with E-state index in [1.54, 1.807) is 11.9 Å². The highest BCUT2D eigenvalue weighted by Crippen LogP contribution is 2.65. The summed E-state index contributed by atoms with van der Waals surface area (Å²) in [5.41, 5.74) is -2.41. The van der Waals surface area contributed by atoms with Crippen molar-refractivity contribution in [2.24, 2.45) is 22.7 Å². The lowest BCUT2D eigenvalue weighted by molar-refractivity contribution is -0.146. The van der Waals surface area contributed by atoms with Crippen LogP contribution >= 0.6 is 0 Å². The quantitative estimate of drug-likeness (QED) is 0.179. The molecule has 1 saturated heterocycles.